The normalized spacial score (nSPS) is 12.2. The molecule has 104 valence electrons. The van der Waals surface area contributed by atoms with Crippen LogP contribution in [0, 0.1) is 5.82 Å². The quantitative estimate of drug-likeness (QED) is 0.676. The molecule has 0 fully saturated rings. The third kappa shape index (κ3) is 3.54. The Labute approximate surface area is 112 Å². The molecule has 0 atom stereocenters. The van der Waals surface area contributed by atoms with Crippen LogP contribution in [-0.4, -0.2) is 29.6 Å². The van der Waals surface area contributed by atoms with E-state index < -0.39 is 13.9 Å². The summed E-state index contributed by atoms with van der Waals surface area (Å²) in [5.74, 6) is -0.997. The number of benzene rings is 1. The molecule has 0 spiro atoms. The molecule has 1 N–H and O–H groups in total. The van der Waals surface area contributed by atoms with Crippen LogP contribution < -0.4 is 0 Å². The summed E-state index contributed by atoms with van der Waals surface area (Å²) in [4.78, 5) is 0. The van der Waals surface area contributed by atoms with E-state index in [9.17, 15) is 9.50 Å². The molecule has 1 aromatic heterocycles. The van der Waals surface area contributed by atoms with Crippen molar-refractivity contribution in [3.05, 3.63) is 24.1 Å². The van der Waals surface area contributed by atoms with Gasteiger partial charge in [-0.05, 0) is 12.1 Å². The number of rotatable bonds is 5. The molecule has 1 aromatic carbocycles. The molecule has 1 heterocycles. The Kier molecular flexibility index (Phi) is 3.91. The van der Waals surface area contributed by atoms with E-state index in [1.807, 2.05) is 0 Å². The van der Waals surface area contributed by atoms with E-state index in [0.29, 0.717) is 24.2 Å². The SMILES string of the molecule is C[Si](C)(C)CCOCn1ncc2cc(F)c(O)cc21. The van der Waals surface area contributed by atoms with Gasteiger partial charge >= 0.3 is 0 Å². The number of fused-ring (bicyclic) bond motifs is 1. The zero-order valence-electron chi connectivity index (χ0n) is 11.5. The molecule has 0 saturated carbocycles. The fraction of sp³-hybridized carbons (Fsp3) is 0.462. The maximum Gasteiger partial charge on any atom is 0.165 e. The minimum atomic E-state index is -1.09. The number of hydrogen-bond donors (Lipinski definition) is 1. The van der Waals surface area contributed by atoms with Crippen molar-refractivity contribution in [1.29, 1.82) is 0 Å². The Bertz CT molecular complexity index is 578. The number of ether oxygens (including phenoxy) is 1. The highest BCUT2D eigenvalue weighted by Gasteiger charge is 2.12. The van der Waals surface area contributed by atoms with Crippen molar-refractivity contribution in [2.24, 2.45) is 0 Å². The third-order valence-electron chi connectivity index (χ3n) is 2.92. The van der Waals surface area contributed by atoms with E-state index in [2.05, 4.69) is 24.7 Å². The maximum atomic E-state index is 13.2. The number of nitrogens with zero attached hydrogens (tertiary/aromatic N) is 2. The Hall–Kier alpha value is -1.40. The average Bonchev–Trinajstić information content (AvgIpc) is 2.67. The van der Waals surface area contributed by atoms with Crippen LogP contribution in [0.1, 0.15) is 0 Å². The first-order valence-electron chi connectivity index (χ1n) is 6.28. The second-order valence-electron chi connectivity index (χ2n) is 5.85. The molecule has 6 heteroatoms. The van der Waals surface area contributed by atoms with Gasteiger partial charge < -0.3 is 9.84 Å². The minimum Gasteiger partial charge on any atom is -0.505 e. The van der Waals surface area contributed by atoms with Crippen LogP contribution in [0.4, 0.5) is 4.39 Å². The van der Waals surface area contributed by atoms with Crippen LogP contribution in [0.3, 0.4) is 0 Å². The topological polar surface area (TPSA) is 47.3 Å². The number of aromatic hydroxyl groups is 1. The van der Waals surface area contributed by atoms with Gasteiger partial charge in [0.05, 0.1) is 11.7 Å². The van der Waals surface area contributed by atoms with Crippen molar-refractivity contribution in [2.75, 3.05) is 6.61 Å². The zero-order chi connectivity index (χ0) is 14.0. The molecule has 0 aliphatic rings. The van der Waals surface area contributed by atoms with Gasteiger partial charge in [0.1, 0.15) is 6.73 Å². The van der Waals surface area contributed by atoms with Crippen molar-refractivity contribution in [2.45, 2.75) is 32.4 Å². The molecule has 19 heavy (non-hydrogen) atoms. The number of aromatic nitrogens is 2. The highest BCUT2D eigenvalue weighted by atomic mass is 28.3. The molecule has 0 saturated heterocycles. The van der Waals surface area contributed by atoms with Crippen LogP contribution in [0.15, 0.2) is 18.3 Å². The second-order valence-corrected chi connectivity index (χ2v) is 11.5. The zero-order valence-corrected chi connectivity index (χ0v) is 12.5. The Morgan fingerprint density at radius 3 is 2.79 bits per heavy atom. The fourth-order valence-electron chi connectivity index (χ4n) is 1.72. The molecule has 0 aliphatic heterocycles. The predicted octanol–water partition coefficient (Wildman–Crippen LogP) is 3.19. The van der Waals surface area contributed by atoms with Crippen molar-refractivity contribution >= 4 is 19.0 Å². The van der Waals surface area contributed by atoms with E-state index in [4.69, 9.17) is 4.74 Å². The molecule has 0 amide bonds. The third-order valence-corrected chi connectivity index (χ3v) is 4.62. The van der Waals surface area contributed by atoms with Gasteiger partial charge in [0.25, 0.3) is 0 Å². The van der Waals surface area contributed by atoms with Crippen molar-refractivity contribution in [3.63, 3.8) is 0 Å². The van der Waals surface area contributed by atoms with Crippen molar-refractivity contribution in [3.8, 4) is 5.75 Å². The number of hydrogen-bond acceptors (Lipinski definition) is 3. The molecule has 2 rings (SSSR count). The summed E-state index contributed by atoms with van der Waals surface area (Å²) < 4.78 is 20.4. The molecule has 0 aliphatic carbocycles. The summed E-state index contributed by atoms with van der Waals surface area (Å²) in [5, 5.41) is 14.2. The van der Waals surface area contributed by atoms with E-state index in [1.165, 1.54) is 12.1 Å². The first-order valence-corrected chi connectivity index (χ1v) is 9.99. The van der Waals surface area contributed by atoms with Gasteiger partial charge in [-0.15, -0.1) is 0 Å². The van der Waals surface area contributed by atoms with Gasteiger partial charge in [0, 0.05) is 26.1 Å². The molecule has 4 nitrogen and oxygen atoms in total. The molecule has 0 bridgehead atoms. The summed E-state index contributed by atoms with van der Waals surface area (Å²) in [5.41, 5.74) is 0.673. The molecular weight excluding hydrogens is 263 g/mol. The van der Waals surface area contributed by atoms with E-state index in [1.54, 1.807) is 10.9 Å². The lowest BCUT2D eigenvalue weighted by Gasteiger charge is -2.15. The van der Waals surface area contributed by atoms with Crippen molar-refractivity contribution < 1.29 is 14.2 Å². The van der Waals surface area contributed by atoms with Gasteiger partial charge in [0.15, 0.2) is 11.6 Å². The highest BCUT2D eigenvalue weighted by Crippen LogP contribution is 2.23. The molecule has 0 unspecified atom stereocenters. The average molecular weight is 282 g/mol. The largest absolute Gasteiger partial charge is 0.505 e. The lowest BCUT2D eigenvalue weighted by molar-refractivity contribution is 0.0817. The smallest absolute Gasteiger partial charge is 0.165 e. The standard InChI is InChI=1S/C13H19FN2O2Si/c1-19(2,3)5-4-18-9-16-12-7-13(17)11(14)6-10(12)8-15-16/h6-8,17H,4-5,9H2,1-3H3. The minimum absolute atomic E-state index is 0.319. The van der Waals surface area contributed by atoms with Crippen LogP contribution >= 0.6 is 0 Å². The summed E-state index contributed by atoms with van der Waals surface area (Å²) in [6.07, 6.45) is 1.57. The Morgan fingerprint density at radius 2 is 2.11 bits per heavy atom. The van der Waals surface area contributed by atoms with Gasteiger partial charge in [0.2, 0.25) is 0 Å². The van der Waals surface area contributed by atoms with Gasteiger partial charge in [-0.1, -0.05) is 19.6 Å². The van der Waals surface area contributed by atoms with Gasteiger partial charge in [-0.3, -0.25) is 0 Å². The highest BCUT2D eigenvalue weighted by molar-refractivity contribution is 6.76. The van der Waals surface area contributed by atoms with E-state index >= 15 is 0 Å². The summed E-state index contributed by atoms with van der Waals surface area (Å²) in [6.45, 7) is 7.89. The number of halogens is 1. The summed E-state index contributed by atoms with van der Waals surface area (Å²) in [6, 6.07) is 3.74. The lowest BCUT2D eigenvalue weighted by Crippen LogP contribution is -2.22. The van der Waals surface area contributed by atoms with E-state index in [0.717, 1.165) is 6.04 Å². The summed E-state index contributed by atoms with van der Waals surface area (Å²) >= 11 is 0. The molecular formula is C13H19FN2O2Si. The predicted molar refractivity (Wildman–Crippen MR) is 75.5 cm³/mol. The Balaban J connectivity index is 2.03. The van der Waals surface area contributed by atoms with E-state index in [-0.39, 0.29) is 5.75 Å². The Morgan fingerprint density at radius 1 is 1.37 bits per heavy atom. The molecule has 0 radical (unpaired) electrons. The van der Waals surface area contributed by atoms with Crippen LogP contribution in [0.5, 0.6) is 5.75 Å². The number of phenolic OH excluding ortho intramolecular Hbond substituents is 1. The van der Waals surface area contributed by atoms with Gasteiger partial charge in [-0.2, -0.15) is 5.10 Å². The fourth-order valence-corrected chi connectivity index (χ4v) is 2.48. The van der Waals surface area contributed by atoms with Crippen LogP contribution in [-0.2, 0) is 11.5 Å². The monoisotopic (exact) mass is 282 g/mol. The summed E-state index contributed by atoms with van der Waals surface area (Å²) in [7, 11) is -1.09. The van der Waals surface area contributed by atoms with Gasteiger partial charge in [-0.25, -0.2) is 9.07 Å². The van der Waals surface area contributed by atoms with Crippen molar-refractivity contribution in [1.82, 2.24) is 9.78 Å². The van der Waals surface area contributed by atoms with Crippen LogP contribution in [0.25, 0.3) is 10.9 Å². The first-order chi connectivity index (χ1) is 8.87. The lowest BCUT2D eigenvalue weighted by atomic mass is 10.2. The second kappa shape index (κ2) is 5.30. The number of phenols is 1. The maximum absolute atomic E-state index is 13.2. The first kappa shape index (κ1) is 14.0. The molecule has 2 aromatic rings. The van der Waals surface area contributed by atoms with Crippen LogP contribution in [0.2, 0.25) is 25.7 Å².